The second-order valence-electron chi connectivity index (χ2n) is 5.42. The summed E-state index contributed by atoms with van der Waals surface area (Å²) in [7, 11) is 0. The van der Waals surface area contributed by atoms with Gasteiger partial charge < -0.3 is 10.1 Å². The van der Waals surface area contributed by atoms with Gasteiger partial charge in [-0.15, -0.1) is 0 Å². The fourth-order valence-electron chi connectivity index (χ4n) is 2.59. The lowest BCUT2D eigenvalue weighted by molar-refractivity contribution is 0.108. The van der Waals surface area contributed by atoms with E-state index in [9.17, 15) is 0 Å². The van der Waals surface area contributed by atoms with Crippen molar-refractivity contribution in [2.24, 2.45) is 0 Å². The number of ether oxygens (including phenoxy) is 1. The number of benzene rings is 1. The van der Waals surface area contributed by atoms with Crippen LogP contribution in [0.3, 0.4) is 0 Å². The average Bonchev–Trinajstić information content (AvgIpc) is 2.38. The van der Waals surface area contributed by atoms with Crippen LogP contribution >= 0.6 is 0 Å². The predicted molar refractivity (Wildman–Crippen MR) is 75.8 cm³/mol. The number of nitrogens with one attached hydrogen (secondary N) is 1. The highest BCUT2D eigenvalue weighted by atomic mass is 16.5. The number of aryl methyl sites for hydroxylation is 2. The normalized spacial score (nSPS) is 20.0. The minimum atomic E-state index is 0.679. The van der Waals surface area contributed by atoms with E-state index < -0.39 is 0 Å². The summed E-state index contributed by atoms with van der Waals surface area (Å²) in [6.07, 6.45) is 5.16. The lowest BCUT2D eigenvalue weighted by Crippen LogP contribution is -2.34. The molecule has 1 heterocycles. The summed E-state index contributed by atoms with van der Waals surface area (Å²) in [4.78, 5) is 0. The van der Waals surface area contributed by atoms with Gasteiger partial charge >= 0.3 is 0 Å². The van der Waals surface area contributed by atoms with Crippen LogP contribution in [0.2, 0.25) is 0 Å². The zero-order chi connectivity index (χ0) is 12.8. The van der Waals surface area contributed by atoms with Gasteiger partial charge in [-0.05, 0) is 50.8 Å². The highest BCUT2D eigenvalue weighted by Gasteiger charge is 2.11. The SMILES string of the molecule is Cc1ccc(COCCC2CCCCN2)c(C)c1. The third kappa shape index (κ3) is 4.11. The minimum Gasteiger partial charge on any atom is -0.377 e. The Labute approximate surface area is 111 Å². The average molecular weight is 247 g/mol. The molecule has 0 saturated carbocycles. The Bertz CT molecular complexity index is 369. The molecule has 0 aromatic heterocycles. The quantitative estimate of drug-likeness (QED) is 0.806. The molecule has 0 bridgehead atoms. The molecule has 1 aliphatic rings. The van der Waals surface area contributed by atoms with Crippen molar-refractivity contribution >= 4 is 0 Å². The van der Waals surface area contributed by atoms with E-state index in [0.29, 0.717) is 6.04 Å². The van der Waals surface area contributed by atoms with Crippen molar-refractivity contribution in [2.45, 2.75) is 52.2 Å². The molecule has 1 unspecified atom stereocenters. The van der Waals surface area contributed by atoms with E-state index in [-0.39, 0.29) is 0 Å². The van der Waals surface area contributed by atoms with Crippen LogP contribution in [0.15, 0.2) is 18.2 Å². The largest absolute Gasteiger partial charge is 0.377 e. The van der Waals surface area contributed by atoms with Crippen molar-refractivity contribution < 1.29 is 4.74 Å². The second-order valence-corrected chi connectivity index (χ2v) is 5.42. The van der Waals surface area contributed by atoms with Crippen LogP contribution in [-0.2, 0) is 11.3 Å². The van der Waals surface area contributed by atoms with Crippen LogP contribution in [-0.4, -0.2) is 19.2 Å². The van der Waals surface area contributed by atoms with Crippen molar-refractivity contribution in [3.8, 4) is 0 Å². The number of hydrogen-bond acceptors (Lipinski definition) is 2. The molecule has 1 saturated heterocycles. The zero-order valence-corrected chi connectivity index (χ0v) is 11.7. The molecule has 18 heavy (non-hydrogen) atoms. The lowest BCUT2D eigenvalue weighted by Gasteiger charge is -2.23. The lowest BCUT2D eigenvalue weighted by atomic mass is 10.0. The monoisotopic (exact) mass is 247 g/mol. The van der Waals surface area contributed by atoms with Crippen LogP contribution in [0.1, 0.15) is 42.4 Å². The van der Waals surface area contributed by atoms with Gasteiger partial charge in [-0.1, -0.05) is 30.2 Å². The molecule has 2 rings (SSSR count). The van der Waals surface area contributed by atoms with E-state index in [1.807, 2.05) is 0 Å². The summed E-state index contributed by atoms with van der Waals surface area (Å²) in [5.41, 5.74) is 3.98. The van der Waals surface area contributed by atoms with Gasteiger partial charge in [0.05, 0.1) is 6.61 Å². The van der Waals surface area contributed by atoms with Gasteiger partial charge in [-0.2, -0.15) is 0 Å². The van der Waals surface area contributed by atoms with Crippen molar-refractivity contribution in [3.05, 3.63) is 34.9 Å². The van der Waals surface area contributed by atoms with Gasteiger partial charge in [0.25, 0.3) is 0 Å². The molecule has 0 amide bonds. The smallest absolute Gasteiger partial charge is 0.0719 e. The molecule has 0 spiro atoms. The van der Waals surface area contributed by atoms with Gasteiger partial charge in [0.1, 0.15) is 0 Å². The topological polar surface area (TPSA) is 21.3 Å². The van der Waals surface area contributed by atoms with Gasteiger partial charge in [-0.25, -0.2) is 0 Å². The molecule has 2 nitrogen and oxygen atoms in total. The molecule has 0 radical (unpaired) electrons. The van der Waals surface area contributed by atoms with E-state index >= 15 is 0 Å². The summed E-state index contributed by atoms with van der Waals surface area (Å²) in [5.74, 6) is 0. The van der Waals surface area contributed by atoms with Crippen LogP contribution in [0.25, 0.3) is 0 Å². The van der Waals surface area contributed by atoms with Crippen LogP contribution in [0.5, 0.6) is 0 Å². The molecular weight excluding hydrogens is 222 g/mol. The molecule has 2 heteroatoms. The third-order valence-electron chi connectivity index (χ3n) is 3.78. The van der Waals surface area contributed by atoms with Crippen molar-refractivity contribution in [1.29, 1.82) is 0 Å². The first-order valence-corrected chi connectivity index (χ1v) is 7.13. The molecule has 1 aromatic rings. The summed E-state index contributed by atoms with van der Waals surface area (Å²) >= 11 is 0. The molecule has 1 aliphatic heterocycles. The summed E-state index contributed by atoms with van der Waals surface area (Å²) < 4.78 is 5.80. The maximum absolute atomic E-state index is 5.80. The Morgan fingerprint density at radius 2 is 2.17 bits per heavy atom. The van der Waals surface area contributed by atoms with E-state index in [0.717, 1.165) is 19.6 Å². The Balaban J connectivity index is 1.68. The molecule has 1 N–H and O–H groups in total. The first-order valence-electron chi connectivity index (χ1n) is 7.13. The van der Waals surface area contributed by atoms with E-state index in [2.05, 4.69) is 37.4 Å². The van der Waals surface area contributed by atoms with Crippen molar-refractivity contribution in [2.75, 3.05) is 13.2 Å². The molecule has 100 valence electrons. The number of hydrogen-bond donors (Lipinski definition) is 1. The highest BCUT2D eigenvalue weighted by molar-refractivity contribution is 5.29. The van der Waals surface area contributed by atoms with Gasteiger partial charge in [-0.3, -0.25) is 0 Å². The fraction of sp³-hybridized carbons (Fsp3) is 0.625. The molecule has 1 atom stereocenters. The molecule has 1 fully saturated rings. The first kappa shape index (κ1) is 13.6. The summed E-state index contributed by atoms with van der Waals surface area (Å²) in [5, 5.41) is 3.56. The Morgan fingerprint density at radius 3 is 2.89 bits per heavy atom. The van der Waals surface area contributed by atoms with Crippen LogP contribution in [0.4, 0.5) is 0 Å². The fourth-order valence-corrected chi connectivity index (χ4v) is 2.59. The Hall–Kier alpha value is -0.860. The van der Waals surface area contributed by atoms with Gasteiger partial charge in [0, 0.05) is 12.6 Å². The third-order valence-corrected chi connectivity index (χ3v) is 3.78. The summed E-state index contributed by atoms with van der Waals surface area (Å²) in [6.45, 7) is 7.09. The Kier molecular flexibility index (Phi) is 5.21. The Morgan fingerprint density at radius 1 is 1.28 bits per heavy atom. The molecule has 1 aromatic carbocycles. The second kappa shape index (κ2) is 6.91. The maximum atomic E-state index is 5.80. The van der Waals surface area contributed by atoms with E-state index in [1.165, 1.54) is 42.5 Å². The maximum Gasteiger partial charge on any atom is 0.0719 e. The first-order chi connectivity index (χ1) is 8.75. The number of piperidine rings is 1. The van der Waals surface area contributed by atoms with Gasteiger partial charge in [0.2, 0.25) is 0 Å². The number of rotatable bonds is 5. The van der Waals surface area contributed by atoms with Gasteiger partial charge in [0.15, 0.2) is 0 Å². The molecular formula is C16H25NO. The van der Waals surface area contributed by atoms with Crippen molar-refractivity contribution in [1.82, 2.24) is 5.32 Å². The van der Waals surface area contributed by atoms with E-state index in [1.54, 1.807) is 0 Å². The van der Waals surface area contributed by atoms with Crippen LogP contribution < -0.4 is 5.32 Å². The summed E-state index contributed by atoms with van der Waals surface area (Å²) in [6, 6.07) is 7.25. The van der Waals surface area contributed by atoms with E-state index in [4.69, 9.17) is 4.74 Å². The highest BCUT2D eigenvalue weighted by Crippen LogP contribution is 2.13. The minimum absolute atomic E-state index is 0.679. The van der Waals surface area contributed by atoms with Crippen LogP contribution in [0, 0.1) is 13.8 Å². The molecule has 0 aliphatic carbocycles. The predicted octanol–water partition coefficient (Wildman–Crippen LogP) is 3.35. The zero-order valence-electron chi connectivity index (χ0n) is 11.7. The standard InChI is InChI=1S/C16H25NO/c1-13-6-7-15(14(2)11-13)12-18-10-8-16-5-3-4-9-17-16/h6-7,11,16-17H,3-5,8-10,12H2,1-2H3. The van der Waals surface area contributed by atoms with Crippen molar-refractivity contribution in [3.63, 3.8) is 0 Å².